The van der Waals surface area contributed by atoms with E-state index in [1.165, 1.54) is 0 Å². The van der Waals surface area contributed by atoms with E-state index >= 15 is 0 Å². The van der Waals surface area contributed by atoms with Crippen LogP contribution in [0.5, 0.6) is 0 Å². The van der Waals surface area contributed by atoms with Crippen LogP contribution in [0.3, 0.4) is 0 Å². The highest BCUT2D eigenvalue weighted by atomic mass is 16.1. The van der Waals surface area contributed by atoms with Crippen LogP contribution in [0, 0.1) is 5.41 Å². The fourth-order valence-electron chi connectivity index (χ4n) is 2.42. The quantitative estimate of drug-likeness (QED) is 0.538. The molecule has 0 aliphatic heterocycles. The van der Waals surface area contributed by atoms with E-state index in [9.17, 15) is 4.79 Å². The van der Waals surface area contributed by atoms with Crippen molar-refractivity contribution in [1.82, 2.24) is 15.0 Å². The van der Waals surface area contributed by atoms with Crippen molar-refractivity contribution in [2.75, 3.05) is 0 Å². The second kappa shape index (κ2) is 5.80. The maximum absolute atomic E-state index is 13.0. The zero-order valence-corrected chi connectivity index (χ0v) is 13.5. The van der Waals surface area contributed by atoms with Gasteiger partial charge in [-0.2, -0.15) is 0 Å². The van der Waals surface area contributed by atoms with Crippen molar-refractivity contribution in [3.8, 4) is 0 Å². The summed E-state index contributed by atoms with van der Waals surface area (Å²) in [5, 5.41) is 8.37. The van der Waals surface area contributed by atoms with Crippen molar-refractivity contribution in [3.05, 3.63) is 66.2 Å². The molecular weight excluding hydrogens is 286 g/mol. The van der Waals surface area contributed by atoms with Gasteiger partial charge in [0.1, 0.15) is 11.2 Å². The Kier molecular flexibility index (Phi) is 3.82. The highest BCUT2D eigenvalue weighted by molar-refractivity contribution is 6.25. The molecule has 0 bridgehead atoms. The SMILES string of the molecule is CC(C)(C)/C=C(/C(=O)c1ccccc1)n1nnc2ccccc21. The minimum atomic E-state index is -0.160. The summed E-state index contributed by atoms with van der Waals surface area (Å²) in [6.45, 7) is 6.18. The van der Waals surface area contributed by atoms with Crippen LogP contribution in [0.25, 0.3) is 16.7 Å². The first-order valence-corrected chi connectivity index (χ1v) is 7.59. The third-order valence-electron chi connectivity index (χ3n) is 3.42. The number of para-hydroxylation sites is 1. The molecule has 0 saturated carbocycles. The van der Waals surface area contributed by atoms with Crippen LogP contribution in [-0.4, -0.2) is 20.8 Å². The van der Waals surface area contributed by atoms with Gasteiger partial charge in [0.25, 0.3) is 0 Å². The number of aromatic nitrogens is 3. The fourth-order valence-corrected chi connectivity index (χ4v) is 2.42. The second-order valence-corrected chi connectivity index (χ2v) is 6.58. The monoisotopic (exact) mass is 305 g/mol. The van der Waals surface area contributed by atoms with Gasteiger partial charge < -0.3 is 0 Å². The lowest BCUT2D eigenvalue weighted by Gasteiger charge is -2.16. The summed E-state index contributed by atoms with van der Waals surface area (Å²) in [6.07, 6.45) is 1.95. The lowest BCUT2D eigenvalue weighted by atomic mass is 9.93. The number of hydrogen-bond donors (Lipinski definition) is 0. The number of carbonyl (C=O) groups excluding carboxylic acids is 1. The summed E-state index contributed by atoms with van der Waals surface area (Å²) in [4.78, 5) is 13.0. The van der Waals surface area contributed by atoms with Gasteiger partial charge in [0.15, 0.2) is 0 Å². The number of hydrogen-bond acceptors (Lipinski definition) is 3. The molecule has 0 spiro atoms. The lowest BCUT2D eigenvalue weighted by molar-refractivity contribution is 0.104. The van der Waals surface area contributed by atoms with Crippen LogP contribution < -0.4 is 0 Å². The average molecular weight is 305 g/mol. The first kappa shape index (κ1) is 15.2. The number of Topliss-reactive ketones (excluding diaryl/α,β-unsaturated/α-hetero) is 1. The molecule has 4 nitrogen and oxygen atoms in total. The van der Waals surface area contributed by atoms with Crippen LogP contribution in [0.4, 0.5) is 0 Å². The molecule has 0 aliphatic rings. The van der Waals surface area contributed by atoms with Crippen LogP contribution in [-0.2, 0) is 0 Å². The molecule has 0 aliphatic carbocycles. The Labute approximate surface area is 135 Å². The largest absolute Gasteiger partial charge is 0.287 e. The summed E-state index contributed by atoms with van der Waals surface area (Å²) < 4.78 is 1.63. The molecule has 0 fully saturated rings. The molecule has 1 aromatic heterocycles. The molecule has 1 heterocycles. The predicted molar refractivity (Wildman–Crippen MR) is 92.0 cm³/mol. The molecule has 0 N–H and O–H groups in total. The van der Waals surface area contributed by atoms with E-state index in [-0.39, 0.29) is 11.2 Å². The Balaban J connectivity index is 2.18. The van der Waals surface area contributed by atoms with Gasteiger partial charge >= 0.3 is 0 Å². The van der Waals surface area contributed by atoms with Crippen LogP contribution in [0.1, 0.15) is 31.1 Å². The Morgan fingerprint density at radius 3 is 2.35 bits per heavy atom. The first-order valence-electron chi connectivity index (χ1n) is 7.59. The predicted octanol–water partition coefficient (Wildman–Crippen LogP) is 4.20. The van der Waals surface area contributed by atoms with E-state index in [2.05, 4.69) is 31.1 Å². The van der Waals surface area contributed by atoms with Gasteiger partial charge in [-0.1, -0.05) is 68.4 Å². The number of carbonyl (C=O) groups is 1. The zero-order chi connectivity index (χ0) is 16.4. The smallest absolute Gasteiger partial charge is 0.211 e. The summed E-state index contributed by atoms with van der Waals surface area (Å²) >= 11 is 0. The molecule has 3 aromatic rings. The van der Waals surface area contributed by atoms with E-state index < -0.39 is 0 Å². The molecule has 3 rings (SSSR count). The van der Waals surface area contributed by atoms with Crippen molar-refractivity contribution in [2.45, 2.75) is 20.8 Å². The van der Waals surface area contributed by atoms with Crippen LogP contribution >= 0.6 is 0 Å². The van der Waals surface area contributed by atoms with Crippen molar-refractivity contribution in [1.29, 1.82) is 0 Å². The van der Waals surface area contributed by atoms with Crippen molar-refractivity contribution >= 4 is 22.5 Å². The molecule has 0 radical (unpaired) electrons. The van der Waals surface area contributed by atoms with Crippen molar-refractivity contribution in [3.63, 3.8) is 0 Å². The Bertz CT molecular complexity index is 870. The maximum Gasteiger partial charge on any atom is 0.211 e. The van der Waals surface area contributed by atoms with Gasteiger partial charge in [0.05, 0.1) is 5.52 Å². The van der Waals surface area contributed by atoms with Crippen LogP contribution in [0.15, 0.2) is 60.7 Å². The standard InChI is InChI=1S/C19H19N3O/c1-19(2,3)13-17(18(23)14-9-5-4-6-10-14)22-16-12-8-7-11-15(16)20-21-22/h4-13H,1-3H3/b17-13-. The van der Waals surface area contributed by atoms with Gasteiger partial charge in [0, 0.05) is 5.56 Å². The van der Waals surface area contributed by atoms with Crippen molar-refractivity contribution < 1.29 is 4.79 Å². The number of allylic oxidation sites excluding steroid dienone is 2. The fraction of sp³-hybridized carbons (Fsp3) is 0.211. The minimum absolute atomic E-state index is 0.0591. The molecule has 0 amide bonds. The molecule has 0 atom stereocenters. The molecule has 2 aromatic carbocycles. The summed E-state index contributed by atoms with van der Waals surface area (Å²) in [7, 11) is 0. The molecule has 0 unspecified atom stereocenters. The highest BCUT2D eigenvalue weighted by Crippen LogP contribution is 2.25. The summed E-state index contributed by atoms with van der Waals surface area (Å²) in [5.41, 5.74) is 2.60. The third-order valence-corrected chi connectivity index (χ3v) is 3.42. The van der Waals surface area contributed by atoms with E-state index in [4.69, 9.17) is 0 Å². The number of fused-ring (bicyclic) bond motifs is 1. The van der Waals surface area contributed by atoms with Gasteiger partial charge in [-0.25, -0.2) is 4.68 Å². The van der Waals surface area contributed by atoms with E-state index in [0.29, 0.717) is 11.3 Å². The summed E-state index contributed by atoms with van der Waals surface area (Å²) in [6, 6.07) is 16.9. The third kappa shape index (κ3) is 3.21. The van der Waals surface area contributed by atoms with Gasteiger partial charge in [-0.3, -0.25) is 4.79 Å². The number of benzene rings is 2. The highest BCUT2D eigenvalue weighted by Gasteiger charge is 2.21. The number of nitrogens with zero attached hydrogens (tertiary/aromatic N) is 3. The molecular formula is C19H19N3O. The zero-order valence-electron chi connectivity index (χ0n) is 13.5. The van der Waals surface area contributed by atoms with Gasteiger partial charge in [-0.15, -0.1) is 5.10 Å². The average Bonchev–Trinajstić information content (AvgIpc) is 2.96. The topological polar surface area (TPSA) is 47.8 Å². The van der Waals surface area contributed by atoms with Crippen molar-refractivity contribution in [2.24, 2.45) is 5.41 Å². The minimum Gasteiger partial charge on any atom is -0.287 e. The van der Waals surface area contributed by atoms with E-state index in [1.54, 1.807) is 4.68 Å². The number of ketones is 1. The van der Waals surface area contributed by atoms with Gasteiger partial charge in [0.2, 0.25) is 5.78 Å². The molecule has 0 saturated heterocycles. The normalized spacial score (nSPS) is 12.6. The Morgan fingerprint density at radius 1 is 1.00 bits per heavy atom. The summed E-state index contributed by atoms with van der Waals surface area (Å²) in [5.74, 6) is -0.0591. The molecule has 23 heavy (non-hydrogen) atoms. The van der Waals surface area contributed by atoms with E-state index in [1.807, 2.05) is 60.7 Å². The lowest BCUT2D eigenvalue weighted by Crippen LogP contribution is -2.14. The second-order valence-electron chi connectivity index (χ2n) is 6.58. The molecule has 4 heteroatoms. The Hall–Kier alpha value is -2.75. The molecule has 116 valence electrons. The Morgan fingerprint density at radius 2 is 1.65 bits per heavy atom. The maximum atomic E-state index is 13.0. The van der Waals surface area contributed by atoms with E-state index in [0.717, 1.165) is 11.0 Å². The number of rotatable bonds is 3. The first-order chi connectivity index (χ1) is 11.0. The van der Waals surface area contributed by atoms with Crippen LogP contribution in [0.2, 0.25) is 0 Å². The van der Waals surface area contributed by atoms with Gasteiger partial charge in [-0.05, 0) is 23.6 Å².